The van der Waals surface area contributed by atoms with Crippen LogP contribution < -0.4 is 0 Å². The smallest absolute Gasteiger partial charge is 0.134 e. The molecule has 3 heteroatoms. The third-order valence-electron chi connectivity index (χ3n) is 0.175. The quantitative estimate of drug-likeness (QED) is 0.456. The van der Waals surface area contributed by atoms with Gasteiger partial charge in [0, 0.05) is 0 Å². The molecule has 0 aliphatic heterocycles. The van der Waals surface area contributed by atoms with Crippen molar-refractivity contribution in [2.75, 3.05) is 0 Å². The van der Waals surface area contributed by atoms with Gasteiger partial charge >= 0.3 is 0 Å². The largest absolute Gasteiger partial charge is 0.302 e. The molecule has 0 heterocycles. The summed E-state index contributed by atoms with van der Waals surface area (Å²) in [6, 6.07) is 1.65. The van der Waals surface area contributed by atoms with Crippen LogP contribution in [0.4, 0.5) is 0 Å². The second-order valence-electron chi connectivity index (χ2n) is 0.529. The van der Waals surface area contributed by atoms with Gasteiger partial charge in [-0.3, -0.25) is 0 Å². The first-order valence-corrected chi connectivity index (χ1v) is 1.22. The highest BCUT2D eigenvalue weighted by Crippen LogP contribution is 1.55. The van der Waals surface area contributed by atoms with Crippen LogP contribution in [-0.4, -0.2) is 6.29 Å². The van der Waals surface area contributed by atoms with Gasteiger partial charge in [-0.05, 0) is 0 Å². The Balaban J connectivity index is 0. The Kier molecular flexibility index (Phi) is 13.3. The molecule has 34 valence electrons. The van der Waals surface area contributed by atoms with Crippen LogP contribution in [0.1, 0.15) is 6.42 Å². The molecule has 0 rings (SSSR count). The van der Waals surface area contributed by atoms with Gasteiger partial charge in [0.25, 0.3) is 0 Å². The highest BCUT2D eigenvalue weighted by molar-refractivity contribution is 5.85. The topological polar surface area (TPSA) is 40.9 Å². The number of rotatable bonds is 1. The highest BCUT2D eigenvalue weighted by atomic mass is 35.5. The van der Waals surface area contributed by atoms with Crippen LogP contribution in [-0.2, 0) is 4.79 Å². The van der Waals surface area contributed by atoms with Crippen molar-refractivity contribution >= 4 is 18.7 Å². The van der Waals surface area contributed by atoms with E-state index in [0.29, 0.717) is 6.29 Å². The van der Waals surface area contributed by atoms with E-state index in [1.54, 1.807) is 6.07 Å². The molecule has 2 nitrogen and oxygen atoms in total. The van der Waals surface area contributed by atoms with Crippen LogP contribution in [0.3, 0.4) is 0 Å². The SMILES string of the molecule is Cl.N#CCC=O. The van der Waals surface area contributed by atoms with Crippen molar-refractivity contribution in [2.24, 2.45) is 0 Å². The predicted octanol–water partition coefficient (Wildman–Crippen LogP) is 0.521. The summed E-state index contributed by atoms with van der Waals surface area (Å²) in [4.78, 5) is 9.18. The fraction of sp³-hybridized carbons (Fsp3) is 0.333. The fourth-order valence-electron chi connectivity index (χ4n) is 0.0373. The first-order valence-electron chi connectivity index (χ1n) is 1.22. The van der Waals surface area contributed by atoms with Gasteiger partial charge in [-0.25, -0.2) is 0 Å². The molecule has 0 bridgehead atoms. The number of aldehydes is 1. The third kappa shape index (κ3) is 9.85. The summed E-state index contributed by atoms with van der Waals surface area (Å²) in [6.45, 7) is 0. The number of carbonyl (C=O) groups is 1. The molecular formula is C3H4ClNO. The molecule has 0 aromatic rings. The molecule has 0 amide bonds. The summed E-state index contributed by atoms with van der Waals surface area (Å²) < 4.78 is 0. The zero-order valence-electron chi connectivity index (χ0n) is 3.05. The van der Waals surface area contributed by atoms with Crippen molar-refractivity contribution in [3.8, 4) is 6.07 Å². The van der Waals surface area contributed by atoms with Crippen molar-refractivity contribution in [2.45, 2.75) is 6.42 Å². The van der Waals surface area contributed by atoms with Crippen molar-refractivity contribution < 1.29 is 4.79 Å². The van der Waals surface area contributed by atoms with Crippen LogP contribution in [0.2, 0.25) is 0 Å². The minimum atomic E-state index is 0. The molecule has 0 radical (unpaired) electrons. The lowest BCUT2D eigenvalue weighted by molar-refractivity contribution is -0.107. The lowest BCUT2D eigenvalue weighted by Crippen LogP contribution is -1.60. The second-order valence-corrected chi connectivity index (χ2v) is 0.529. The molecule has 0 aliphatic rings. The lowest BCUT2D eigenvalue weighted by Gasteiger charge is -1.50. The van der Waals surface area contributed by atoms with E-state index in [9.17, 15) is 4.79 Å². The average molecular weight is 106 g/mol. The molecule has 0 aromatic heterocycles. The van der Waals surface area contributed by atoms with Crippen LogP contribution in [0.25, 0.3) is 0 Å². The lowest BCUT2D eigenvalue weighted by atomic mass is 10.5. The van der Waals surface area contributed by atoms with E-state index in [2.05, 4.69) is 0 Å². The van der Waals surface area contributed by atoms with Crippen molar-refractivity contribution in [1.29, 1.82) is 5.26 Å². The Hall–Kier alpha value is -0.550. The minimum Gasteiger partial charge on any atom is -0.302 e. The number of hydrogen-bond acceptors (Lipinski definition) is 2. The summed E-state index contributed by atoms with van der Waals surface area (Å²) >= 11 is 0. The van der Waals surface area contributed by atoms with E-state index >= 15 is 0 Å². The van der Waals surface area contributed by atoms with Crippen molar-refractivity contribution in [3.05, 3.63) is 0 Å². The van der Waals surface area contributed by atoms with Gasteiger partial charge in [-0.15, -0.1) is 12.4 Å². The Bertz CT molecular complexity index is 65.7. The maximum atomic E-state index is 9.18. The van der Waals surface area contributed by atoms with E-state index in [1.165, 1.54) is 0 Å². The maximum absolute atomic E-state index is 9.18. The van der Waals surface area contributed by atoms with Crippen molar-refractivity contribution in [3.63, 3.8) is 0 Å². The van der Waals surface area contributed by atoms with Crippen LogP contribution in [0.15, 0.2) is 0 Å². The van der Waals surface area contributed by atoms with E-state index in [-0.39, 0.29) is 18.8 Å². The monoisotopic (exact) mass is 105 g/mol. The molecular weight excluding hydrogens is 101 g/mol. The van der Waals surface area contributed by atoms with E-state index < -0.39 is 0 Å². The molecule has 0 N–H and O–H groups in total. The Morgan fingerprint density at radius 2 is 2.33 bits per heavy atom. The standard InChI is InChI=1S/C3H3NO.ClH/c4-2-1-3-5;/h3H,1H2;1H. The van der Waals surface area contributed by atoms with Gasteiger partial charge in [-0.2, -0.15) is 5.26 Å². The molecule has 0 aromatic carbocycles. The molecule has 0 fully saturated rings. The van der Waals surface area contributed by atoms with Crippen LogP contribution >= 0.6 is 12.4 Å². The summed E-state index contributed by atoms with van der Waals surface area (Å²) in [5, 5.41) is 7.58. The summed E-state index contributed by atoms with van der Waals surface area (Å²) in [5.74, 6) is 0. The number of carbonyl (C=O) groups excluding carboxylic acids is 1. The summed E-state index contributed by atoms with van der Waals surface area (Å²) in [6.07, 6.45) is 0.583. The van der Waals surface area contributed by atoms with Gasteiger partial charge in [0.05, 0.1) is 12.5 Å². The number of halogens is 1. The highest BCUT2D eigenvalue weighted by Gasteiger charge is 1.63. The Morgan fingerprint density at radius 3 is 2.33 bits per heavy atom. The van der Waals surface area contributed by atoms with E-state index in [0.717, 1.165) is 0 Å². The normalized spacial score (nSPS) is 4.50. The van der Waals surface area contributed by atoms with Gasteiger partial charge < -0.3 is 4.79 Å². The van der Waals surface area contributed by atoms with E-state index in [4.69, 9.17) is 5.26 Å². The summed E-state index contributed by atoms with van der Waals surface area (Å²) in [5.41, 5.74) is 0. The third-order valence-corrected chi connectivity index (χ3v) is 0.175. The molecule has 0 spiro atoms. The van der Waals surface area contributed by atoms with Crippen LogP contribution in [0, 0.1) is 11.3 Å². The van der Waals surface area contributed by atoms with Gasteiger partial charge in [0.15, 0.2) is 0 Å². The predicted molar refractivity (Wildman–Crippen MR) is 23.5 cm³/mol. The molecule has 6 heavy (non-hydrogen) atoms. The Labute approximate surface area is 42.2 Å². The molecule has 0 saturated carbocycles. The first-order chi connectivity index (χ1) is 2.41. The van der Waals surface area contributed by atoms with Gasteiger partial charge in [0.2, 0.25) is 0 Å². The fourth-order valence-corrected chi connectivity index (χ4v) is 0.0373. The maximum Gasteiger partial charge on any atom is 0.134 e. The van der Waals surface area contributed by atoms with Gasteiger partial charge in [0.1, 0.15) is 6.29 Å². The van der Waals surface area contributed by atoms with Crippen molar-refractivity contribution in [1.82, 2.24) is 0 Å². The number of nitrogens with zero attached hydrogens (tertiary/aromatic N) is 1. The molecule has 0 aliphatic carbocycles. The zero-order chi connectivity index (χ0) is 4.12. The second kappa shape index (κ2) is 8.82. The number of nitriles is 1. The molecule has 0 atom stereocenters. The molecule has 0 saturated heterocycles. The zero-order valence-corrected chi connectivity index (χ0v) is 3.86. The summed E-state index contributed by atoms with van der Waals surface area (Å²) in [7, 11) is 0. The van der Waals surface area contributed by atoms with Crippen LogP contribution in [0.5, 0.6) is 0 Å². The van der Waals surface area contributed by atoms with E-state index in [1.807, 2.05) is 0 Å². The van der Waals surface area contributed by atoms with Gasteiger partial charge in [-0.1, -0.05) is 0 Å². The average Bonchev–Trinajstić information content (AvgIpc) is 1.41. The molecule has 0 unspecified atom stereocenters. The number of hydrogen-bond donors (Lipinski definition) is 0. The first kappa shape index (κ1) is 9.07. The minimum absolute atomic E-state index is 0. The Morgan fingerprint density at radius 1 is 1.83 bits per heavy atom.